The van der Waals surface area contributed by atoms with Gasteiger partial charge in [-0.2, -0.15) is 0 Å². The molecule has 0 saturated heterocycles. The van der Waals surface area contributed by atoms with E-state index in [-0.39, 0.29) is 24.2 Å². The fraction of sp³-hybridized carbons (Fsp3) is 0.250. The van der Waals surface area contributed by atoms with Crippen LogP contribution < -0.4 is 5.32 Å². The molecule has 0 aliphatic heterocycles. The first-order valence-electron chi connectivity index (χ1n) is 8.31. The van der Waals surface area contributed by atoms with Crippen LogP contribution in [-0.2, 0) is 11.2 Å². The van der Waals surface area contributed by atoms with Gasteiger partial charge in [0.15, 0.2) is 0 Å². The molecule has 5 heteroatoms. The molecule has 2 atom stereocenters. The van der Waals surface area contributed by atoms with Gasteiger partial charge in [0.1, 0.15) is 5.82 Å². The molecule has 0 fully saturated rings. The Bertz CT molecular complexity index is 861. The molecule has 0 aliphatic carbocycles. The fourth-order valence-corrected chi connectivity index (χ4v) is 3.00. The van der Waals surface area contributed by atoms with Crippen LogP contribution in [-0.4, -0.2) is 22.0 Å². The normalized spacial score (nSPS) is 13.6. The first-order valence-corrected chi connectivity index (χ1v) is 8.31. The number of aromatic nitrogens is 1. The van der Waals surface area contributed by atoms with Gasteiger partial charge in [-0.3, -0.25) is 4.79 Å². The third-order valence-electron chi connectivity index (χ3n) is 4.25. The average molecular weight is 340 g/mol. The van der Waals surface area contributed by atoms with Crippen molar-refractivity contribution < 1.29 is 14.3 Å². The van der Waals surface area contributed by atoms with E-state index in [4.69, 9.17) is 0 Å². The summed E-state index contributed by atoms with van der Waals surface area (Å²) in [6.07, 6.45) is 1.69. The van der Waals surface area contributed by atoms with Crippen molar-refractivity contribution in [2.45, 2.75) is 31.9 Å². The average Bonchev–Trinajstić information content (AvgIpc) is 2.97. The maximum atomic E-state index is 13.4. The molecule has 1 aromatic heterocycles. The first kappa shape index (κ1) is 17.2. The highest BCUT2D eigenvalue weighted by Crippen LogP contribution is 2.20. The number of amides is 1. The van der Waals surface area contributed by atoms with Crippen molar-refractivity contribution in [3.63, 3.8) is 0 Å². The smallest absolute Gasteiger partial charge is 0.224 e. The summed E-state index contributed by atoms with van der Waals surface area (Å²) in [4.78, 5) is 15.3. The van der Waals surface area contributed by atoms with Crippen LogP contribution in [0.15, 0.2) is 54.7 Å². The van der Waals surface area contributed by atoms with E-state index in [1.165, 1.54) is 12.1 Å². The number of hydrogen-bond acceptors (Lipinski definition) is 2. The predicted octanol–water partition coefficient (Wildman–Crippen LogP) is 3.48. The van der Waals surface area contributed by atoms with Crippen LogP contribution in [0.4, 0.5) is 4.39 Å². The van der Waals surface area contributed by atoms with Gasteiger partial charge < -0.3 is 15.4 Å². The van der Waals surface area contributed by atoms with E-state index in [1.54, 1.807) is 12.3 Å². The standard InChI is InChI=1S/C20H21FN2O2/c1-13(9-19(24)14-5-3-2-4-6-14)23-20(25)10-15-12-22-18-8-7-16(21)11-17(15)18/h2-8,11-13,19,22,24H,9-10H2,1H3,(H,23,25). The quantitative estimate of drug-likeness (QED) is 0.643. The molecule has 25 heavy (non-hydrogen) atoms. The number of carbonyl (C=O) groups excluding carboxylic acids is 1. The number of hydrogen-bond donors (Lipinski definition) is 3. The zero-order chi connectivity index (χ0) is 17.8. The number of benzene rings is 2. The number of aliphatic hydroxyl groups excluding tert-OH is 1. The van der Waals surface area contributed by atoms with Crippen molar-refractivity contribution in [2.24, 2.45) is 0 Å². The van der Waals surface area contributed by atoms with Crippen LogP contribution in [0.1, 0.15) is 30.6 Å². The molecule has 0 radical (unpaired) electrons. The minimum absolute atomic E-state index is 0.155. The fourth-order valence-electron chi connectivity index (χ4n) is 3.00. The first-order chi connectivity index (χ1) is 12.0. The Morgan fingerprint density at radius 1 is 1.24 bits per heavy atom. The number of fused-ring (bicyclic) bond motifs is 1. The van der Waals surface area contributed by atoms with E-state index in [1.807, 2.05) is 37.3 Å². The van der Waals surface area contributed by atoms with E-state index in [9.17, 15) is 14.3 Å². The summed E-state index contributed by atoms with van der Waals surface area (Å²) >= 11 is 0. The molecule has 0 saturated carbocycles. The van der Waals surface area contributed by atoms with Gasteiger partial charge in [0.2, 0.25) is 5.91 Å². The molecular weight excluding hydrogens is 319 g/mol. The Labute approximate surface area is 145 Å². The molecule has 1 heterocycles. The van der Waals surface area contributed by atoms with Gasteiger partial charge in [-0.25, -0.2) is 4.39 Å². The van der Waals surface area contributed by atoms with E-state index in [0.717, 1.165) is 16.6 Å². The van der Waals surface area contributed by atoms with Crippen molar-refractivity contribution in [3.05, 3.63) is 71.7 Å². The van der Waals surface area contributed by atoms with E-state index in [0.29, 0.717) is 11.8 Å². The molecule has 0 aliphatic rings. The number of aromatic amines is 1. The van der Waals surface area contributed by atoms with Crippen LogP contribution in [0.5, 0.6) is 0 Å². The highest BCUT2D eigenvalue weighted by Gasteiger charge is 2.15. The second-order valence-corrected chi connectivity index (χ2v) is 6.31. The molecule has 3 rings (SSSR count). The molecule has 2 unspecified atom stereocenters. The summed E-state index contributed by atoms with van der Waals surface area (Å²) in [6, 6.07) is 13.7. The van der Waals surface area contributed by atoms with E-state index < -0.39 is 6.10 Å². The third kappa shape index (κ3) is 4.25. The second kappa shape index (κ2) is 7.49. The monoisotopic (exact) mass is 340 g/mol. The van der Waals surface area contributed by atoms with Crippen LogP contribution in [0.2, 0.25) is 0 Å². The number of halogens is 1. The summed E-state index contributed by atoms with van der Waals surface area (Å²) in [5, 5.41) is 13.8. The minimum atomic E-state index is -0.626. The zero-order valence-electron chi connectivity index (χ0n) is 14.0. The summed E-state index contributed by atoms with van der Waals surface area (Å²) < 4.78 is 13.4. The molecule has 0 spiro atoms. The second-order valence-electron chi connectivity index (χ2n) is 6.31. The summed E-state index contributed by atoms with van der Waals surface area (Å²) in [6.45, 7) is 1.86. The lowest BCUT2D eigenvalue weighted by Gasteiger charge is -2.18. The number of aliphatic hydroxyl groups is 1. The molecule has 130 valence electrons. The lowest BCUT2D eigenvalue weighted by molar-refractivity contribution is -0.121. The Morgan fingerprint density at radius 2 is 2.00 bits per heavy atom. The van der Waals surface area contributed by atoms with Crippen molar-refractivity contribution in [3.8, 4) is 0 Å². The Hall–Kier alpha value is -2.66. The number of carbonyl (C=O) groups is 1. The topological polar surface area (TPSA) is 65.1 Å². The molecule has 2 aromatic carbocycles. The molecular formula is C20H21FN2O2. The lowest BCUT2D eigenvalue weighted by atomic mass is 10.0. The Balaban J connectivity index is 1.59. The lowest BCUT2D eigenvalue weighted by Crippen LogP contribution is -2.34. The van der Waals surface area contributed by atoms with Crippen LogP contribution >= 0.6 is 0 Å². The molecule has 3 N–H and O–H groups in total. The van der Waals surface area contributed by atoms with Crippen LogP contribution in [0.25, 0.3) is 10.9 Å². The summed E-state index contributed by atoms with van der Waals surface area (Å²) in [5.74, 6) is -0.481. The van der Waals surface area contributed by atoms with Gasteiger partial charge in [0.25, 0.3) is 0 Å². The largest absolute Gasteiger partial charge is 0.388 e. The van der Waals surface area contributed by atoms with Crippen molar-refractivity contribution in [2.75, 3.05) is 0 Å². The highest BCUT2D eigenvalue weighted by molar-refractivity contribution is 5.89. The van der Waals surface area contributed by atoms with Crippen molar-refractivity contribution in [1.29, 1.82) is 0 Å². The Morgan fingerprint density at radius 3 is 2.76 bits per heavy atom. The van der Waals surface area contributed by atoms with Gasteiger partial charge in [-0.15, -0.1) is 0 Å². The molecule has 3 aromatic rings. The third-order valence-corrected chi connectivity index (χ3v) is 4.25. The van der Waals surface area contributed by atoms with Gasteiger partial charge in [0.05, 0.1) is 12.5 Å². The van der Waals surface area contributed by atoms with Gasteiger partial charge in [0, 0.05) is 23.1 Å². The van der Waals surface area contributed by atoms with Crippen LogP contribution in [0, 0.1) is 5.82 Å². The van der Waals surface area contributed by atoms with Gasteiger partial charge in [-0.05, 0) is 42.7 Å². The number of nitrogens with one attached hydrogen (secondary N) is 2. The van der Waals surface area contributed by atoms with Crippen molar-refractivity contribution >= 4 is 16.8 Å². The predicted molar refractivity (Wildman–Crippen MR) is 95.6 cm³/mol. The zero-order valence-corrected chi connectivity index (χ0v) is 14.0. The summed E-state index contributed by atoms with van der Waals surface area (Å²) in [7, 11) is 0. The maximum absolute atomic E-state index is 13.4. The van der Waals surface area contributed by atoms with Gasteiger partial charge >= 0.3 is 0 Å². The van der Waals surface area contributed by atoms with Crippen LogP contribution in [0.3, 0.4) is 0 Å². The van der Waals surface area contributed by atoms with E-state index >= 15 is 0 Å². The maximum Gasteiger partial charge on any atom is 0.224 e. The highest BCUT2D eigenvalue weighted by atomic mass is 19.1. The SMILES string of the molecule is CC(CC(O)c1ccccc1)NC(=O)Cc1c[nH]c2ccc(F)cc12. The molecule has 4 nitrogen and oxygen atoms in total. The van der Waals surface area contributed by atoms with Crippen molar-refractivity contribution in [1.82, 2.24) is 10.3 Å². The minimum Gasteiger partial charge on any atom is -0.388 e. The Kier molecular flexibility index (Phi) is 5.14. The molecule has 0 bridgehead atoms. The number of rotatable bonds is 6. The summed E-state index contributed by atoms with van der Waals surface area (Å²) in [5.41, 5.74) is 2.38. The number of H-pyrrole nitrogens is 1. The van der Waals surface area contributed by atoms with Gasteiger partial charge in [-0.1, -0.05) is 30.3 Å². The van der Waals surface area contributed by atoms with E-state index in [2.05, 4.69) is 10.3 Å². The molecule has 1 amide bonds.